The summed E-state index contributed by atoms with van der Waals surface area (Å²) in [6.45, 7) is 6.79. The average Bonchev–Trinajstić information content (AvgIpc) is 2.82. The topological polar surface area (TPSA) is 12.9 Å². The molecule has 1 heterocycles. The van der Waals surface area contributed by atoms with E-state index in [2.05, 4.69) is 118 Å². The largest absolute Gasteiger partial charge is 0.248 e. The first kappa shape index (κ1) is 19.0. The second-order valence-corrected chi connectivity index (χ2v) is 9.71. The van der Waals surface area contributed by atoms with Crippen LogP contribution >= 0.6 is 0 Å². The zero-order valence-corrected chi connectivity index (χ0v) is 18.7. The maximum atomic E-state index is 5.14. The van der Waals surface area contributed by atoms with E-state index in [-0.39, 0.29) is 5.41 Å². The third kappa shape index (κ3) is 2.97. The van der Waals surface area contributed by atoms with Gasteiger partial charge in [0.1, 0.15) is 0 Å². The molecule has 0 unspecified atom stereocenters. The zero-order valence-electron chi connectivity index (χ0n) is 18.7. The monoisotopic (exact) mass is 411 g/mol. The molecule has 0 saturated carbocycles. The molecule has 1 aromatic heterocycles. The van der Waals surface area contributed by atoms with Crippen LogP contribution in [0.1, 0.15) is 26.3 Å². The molecule has 0 aliphatic heterocycles. The number of nitrogens with zero attached hydrogens (tertiary/aromatic N) is 1. The highest BCUT2D eigenvalue weighted by Crippen LogP contribution is 2.36. The molecule has 0 saturated heterocycles. The molecular formula is C31H25N. The molecule has 154 valence electrons. The van der Waals surface area contributed by atoms with Gasteiger partial charge in [-0.1, -0.05) is 93.6 Å². The first-order valence-corrected chi connectivity index (χ1v) is 11.2. The standard InChI is InChI=1S/C31H25N/c1-31(2,3)22-14-12-20-13-16-29-26(27(20)19-22)15-17-30(32-29)28-18-21-8-4-5-9-23(21)24-10-6-7-11-25(24)28/h4-19H,1-3H3. The zero-order chi connectivity index (χ0) is 21.9. The maximum Gasteiger partial charge on any atom is 0.0716 e. The van der Waals surface area contributed by atoms with Crippen LogP contribution < -0.4 is 0 Å². The summed E-state index contributed by atoms with van der Waals surface area (Å²) < 4.78 is 0. The maximum absolute atomic E-state index is 5.14. The van der Waals surface area contributed by atoms with E-state index in [1.165, 1.54) is 48.8 Å². The fourth-order valence-electron chi connectivity index (χ4n) is 4.82. The molecule has 1 heteroatoms. The van der Waals surface area contributed by atoms with Crippen molar-refractivity contribution in [2.24, 2.45) is 0 Å². The third-order valence-corrected chi connectivity index (χ3v) is 6.60. The predicted octanol–water partition coefficient (Wildman–Crippen LogP) is 8.66. The summed E-state index contributed by atoms with van der Waals surface area (Å²) in [6.07, 6.45) is 0. The van der Waals surface area contributed by atoms with E-state index in [0.717, 1.165) is 11.2 Å². The molecule has 6 aromatic rings. The van der Waals surface area contributed by atoms with Gasteiger partial charge in [0, 0.05) is 10.9 Å². The third-order valence-electron chi connectivity index (χ3n) is 6.60. The molecule has 0 N–H and O–H groups in total. The van der Waals surface area contributed by atoms with Crippen molar-refractivity contribution in [2.45, 2.75) is 26.2 Å². The number of hydrogen-bond donors (Lipinski definition) is 0. The Kier molecular flexibility index (Phi) is 4.10. The number of rotatable bonds is 1. The van der Waals surface area contributed by atoms with Crippen molar-refractivity contribution < 1.29 is 0 Å². The van der Waals surface area contributed by atoms with Gasteiger partial charge < -0.3 is 0 Å². The van der Waals surface area contributed by atoms with E-state index in [1.54, 1.807) is 0 Å². The molecule has 0 atom stereocenters. The fraction of sp³-hybridized carbons (Fsp3) is 0.129. The molecule has 0 aliphatic rings. The Hall–Kier alpha value is -3.71. The van der Waals surface area contributed by atoms with E-state index >= 15 is 0 Å². The van der Waals surface area contributed by atoms with Gasteiger partial charge in [0.15, 0.2) is 0 Å². The van der Waals surface area contributed by atoms with Gasteiger partial charge >= 0.3 is 0 Å². The van der Waals surface area contributed by atoms with E-state index in [0.29, 0.717) is 0 Å². The van der Waals surface area contributed by atoms with Crippen molar-refractivity contribution in [3.63, 3.8) is 0 Å². The van der Waals surface area contributed by atoms with Crippen LogP contribution in [-0.2, 0) is 5.41 Å². The van der Waals surface area contributed by atoms with Crippen molar-refractivity contribution in [3.8, 4) is 11.3 Å². The Morgan fingerprint density at radius 3 is 2.06 bits per heavy atom. The Labute approximate surface area is 188 Å². The van der Waals surface area contributed by atoms with Crippen LogP contribution in [0.5, 0.6) is 0 Å². The van der Waals surface area contributed by atoms with Crippen LogP contribution in [-0.4, -0.2) is 4.98 Å². The Morgan fingerprint density at radius 1 is 0.531 bits per heavy atom. The molecule has 32 heavy (non-hydrogen) atoms. The lowest BCUT2D eigenvalue weighted by Crippen LogP contribution is -2.10. The molecule has 0 radical (unpaired) electrons. The Bertz CT molecular complexity index is 1650. The molecule has 5 aromatic carbocycles. The van der Waals surface area contributed by atoms with Crippen molar-refractivity contribution in [1.82, 2.24) is 4.98 Å². The first-order chi connectivity index (χ1) is 15.5. The number of benzene rings is 5. The Morgan fingerprint density at radius 2 is 1.25 bits per heavy atom. The summed E-state index contributed by atoms with van der Waals surface area (Å²) in [5.74, 6) is 0. The lowest BCUT2D eigenvalue weighted by atomic mass is 9.85. The summed E-state index contributed by atoms with van der Waals surface area (Å²) in [7, 11) is 0. The van der Waals surface area contributed by atoms with Gasteiger partial charge in [-0.05, 0) is 67.6 Å². The number of hydrogen-bond acceptors (Lipinski definition) is 1. The minimum atomic E-state index is 0.119. The van der Waals surface area contributed by atoms with E-state index in [9.17, 15) is 0 Å². The van der Waals surface area contributed by atoms with E-state index < -0.39 is 0 Å². The second kappa shape index (κ2) is 6.90. The summed E-state index contributed by atoms with van der Waals surface area (Å²) >= 11 is 0. The minimum absolute atomic E-state index is 0.119. The van der Waals surface area contributed by atoms with Crippen LogP contribution in [0.15, 0.2) is 97.1 Å². The van der Waals surface area contributed by atoms with Crippen molar-refractivity contribution in [2.75, 3.05) is 0 Å². The minimum Gasteiger partial charge on any atom is -0.248 e. The predicted molar refractivity (Wildman–Crippen MR) is 138 cm³/mol. The van der Waals surface area contributed by atoms with Crippen LogP contribution in [0, 0.1) is 0 Å². The smallest absolute Gasteiger partial charge is 0.0716 e. The highest BCUT2D eigenvalue weighted by molar-refractivity contribution is 6.14. The summed E-state index contributed by atoms with van der Waals surface area (Å²) in [5, 5.41) is 8.80. The molecule has 1 nitrogen and oxygen atoms in total. The van der Waals surface area contributed by atoms with Gasteiger partial charge in [-0.15, -0.1) is 0 Å². The van der Waals surface area contributed by atoms with Crippen LogP contribution in [0.2, 0.25) is 0 Å². The second-order valence-electron chi connectivity index (χ2n) is 9.71. The van der Waals surface area contributed by atoms with Crippen LogP contribution in [0.3, 0.4) is 0 Å². The summed E-state index contributed by atoms with van der Waals surface area (Å²) in [4.78, 5) is 5.14. The highest BCUT2D eigenvalue weighted by atomic mass is 14.7. The van der Waals surface area contributed by atoms with Crippen LogP contribution in [0.25, 0.3) is 54.5 Å². The van der Waals surface area contributed by atoms with Crippen molar-refractivity contribution in [1.29, 1.82) is 0 Å². The molecular weight excluding hydrogens is 386 g/mol. The fourth-order valence-corrected chi connectivity index (χ4v) is 4.82. The highest BCUT2D eigenvalue weighted by Gasteiger charge is 2.15. The Balaban J connectivity index is 1.62. The van der Waals surface area contributed by atoms with Gasteiger partial charge in [0.05, 0.1) is 11.2 Å². The lowest BCUT2D eigenvalue weighted by molar-refractivity contribution is 0.591. The average molecular weight is 412 g/mol. The van der Waals surface area contributed by atoms with Crippen LogP contribution in [0.4, 0.5) is 0 Å². The molecule has 0 bridgehead atoms. The van der Waals surface area contributed by atoms with Crippen molar-refractivity contribution >= 4 is 43.2 Å². The first-order valence-electron chi connectivity index (χ1n) is 11.2. The quantitative estimate of drug-likeness (QED) is 0.247. The van der Waals surface area contributed by atoms with Gasteiger partial charge in [0.25, 0.3) is 0 Å². The van der Waals surface area contributed by atoms with Gasteiger partial charge in [0.2, 0.25) is 0 Å². The normalized spacial score (nSPS) is 12.2. The number of fused-ring (bicyclic) bond motifs is 6. The molecule has 0 fully saturated rings. The lowest BCUT2D eigenvalue weighted by Gasteiger charge is -2.20. The van der Waals surface area contributed by atoms with E-state index in [1.807, 2.05) is 0 Å². The molecule has 0 spiro atoms. The number of aromatic nitrogens is 1. The summed E-state index contributed by atoms with van der Waals surface area (Å²) in [5.41, 5.74) is 4.71. The number of pyridine rings is 1. The van der Waals surface area contributed by atoms with E-state index in [4.69, 9.17) is 4.98 Å². The molecule has 6 rings (SSSR count). The van der Waals surface area contributed by atoms with Gasteiger partial charge in [-0.3, -0.25) is 0 Å². The van der Waals surface area contributed by atoms with Gasteiger partial charge in [-0.2, -0.15) is 0 Å². The molecule has 0 aliphatic carbocycles. The molecule has 0 amide bonds. The summed E-state index contributed by atoms with van der Waals surface area (Å²) in [6, 6.07) is 35.1. The SMILES string of the molecule is CC(C)(C)c1ccc2ccc3nc(-c4cc5ccccc5c5ccccc45)ccc3c2c1. The van der Waals surface area contributed by atoms with Crippen molar-refractivity contribution in [3.05, 3.63) is 103 Å². The van der Waals surface area contributed by atoms with Gasteiger partial charge in [-0.25, -0.2) is 4.98 Å².